The molecule has 6 nitrogen and oxygen atoms in total. The van der Waals surface area contributed by atoms with Gasteiger partial charge in [-0.05, 0) is 18.8 Å². The van der Waals surface area contributed by atoms with Crippen LogP contribution in [0.3, 0.4) is 0 Å². The summed E-state index contributed by atoms with van der Waals surface area (Å²) in [4.78, 5) is 10.9. The Hall–Kier alpha value is -0.660. The molecule has 0 saturated heterocycles. The predicted octanol–water partition coefficient (Wildman–Crippen LogP) is -0.329. The smallest absolute Gasteiger partial charge is 0.306 e. The molecule has 1 fully saturated rings. The summed E-state index contributed by atoms with van der Waals surface area (Å²) in [5.41, 5.74) is 0. The predicted molar refractivity (Wildman–Crippen MR) is 54.2 cm³/mol. The summed E-state index contributed by atoms with van der Waals surface area (Å²) in [5.74, 6) is -1.45. The zero-order valence-electron chi connectivity index (χ0n) is 8.35. The molecule has 7 heteroatoms. The van der Waals surface area contributed by atoms with E-state index in [1.807, 2.05) is 0 Å². The maximum Gasteiger partial charge on any atom is 0.306 e. The average Bonchev–Trinajstić information content (AvgIpc) is 2.14. The van der Waals surface area contributed by atoms with Crippen molar-refractivity contribution in [3.8, 4) is 0 Å². The number of rotatable bonds is 4. The molecule has 0 aliphatic heterocycles. The van der Waals surface area contributed by atoms with Crippen LogP contribution in [0.25, 0.3) is 0 Å². The second kappa shape index (κ2) is 4.91. The fourth-order valence-electron chi connectivity index (χ4n) is 2.00. The lowest BCUT2D eigenvalue weighted by Gasteiger charge is -2.28. The molecule has 1 aliphatic carbocycles. The monoisotopic (exact) mass is 236 g/mol. The number of carboxylic acids is 1. The molecule has 0 aromatic rings. The zero-order valence-corrected chi connectivity index (χ0v) is 9.16. The van der Waals surface area contributed by atoms with Crippen LogP contribution in [-0.2, 0) is 15.0 Å². The SMILES string of the molecule is NS(=O)(=O)NCC1CCCCC1C(=O)O. The number of nitrogens with two attached hydrogens (primary N) is 1. The van der Waals surface area contributed by atoms with Crippen LogP contribution < -0.4 is 9.86 Å². The summed E-state index contributed by atoms with van der Waals surface area (Å²) in [6, 6.07) is 0. The standard InChI is InChI=1S/C8H16N2O4S/c9-15(13,14)10-5-6-3-1-2-4-7(6)8(11)12/h6-7,10H,1-5H2,(H,11,12)(H2,9,13,14). The molecule has 88 valence electrons. The molecule has 0 radical (unpaired) electrons. The molecule has 2 atom stereocenters. The van der Waals surface area contributed by atoms with Crippen molar-refractivity contribution in [2.45, 2.75) is 25.7 Å². The molecule has 1 aliphatic rings. The first-order valence-electron chi connectivity index (χ1n) is 4.90. The topological polar surface area (TPSA) is 109 Å². The van der Waals surface area contributed by atoms with Crippen molar-refractivity contribution in [2.24, 2.45) is 17.0 Å². The lowest BCUT2D eigenvalue weighted by molar-refractivity contribution is -0.144. The van der Waals surface area contributed by atoms with Gasteiger partial charge in [-0.1, -0.05) is 12.8 Å². The van der Waals surface area contributed by atoms with Crippen molar-refractivity contribution in [2.75, 3.05) is 6.54 Å². The Balaban J connectivity index is 2.54. The van der Waals surface area contributed by atoms with Crippen molar-refractivity contribution in [3.05, 3.63) is 0 Å². The normalized spacial score (nSPS) is 27.5. The van der Waals surface area contributed by atoms with Crippen molar-refractivity contribution in [1.29, 1.82) is 0 Å². The number of carboxylic acid groups (broad SMARTS) is 1. The van der Waals surface area contributed by atoms with Gasteiger partial charge < -0.3 is 5.11 Å². The number of nitrogens with one attached hydrogen (secondary N) is 1. The van der Waals surface area contributed by atoms with Crippen molar-refractivity contribution in [1.82, 2.24) is 4.72 Å². The van der Waals surface area contributed by atoms with E-state index in [-0.39, 0.29) is 12.5 Å². The summed E-state index contributed by atoms with van der Waals surface area (Å²) >= 11 is 0. The summed E-state index contributed by atoms with van der Waals surface area (Å²) < 4.78 is 23.5. The lowest BCUT2D eigenvalue weighted by Crippen LogP contribution is -2.39. The summed E-state index contributed by atoms with van der Waals surface area (Å²) in [6.45, 7) is 0.121. The molecule has 0 aromatic heterocycles. The van der Waals surface area contributed by atoms with Crippen molar-refractivity contribution < 1.29 is 18.3 Å². The molecular formula is C8H16N2O4S. The van der Waals surface area contributed by atoms with Crippen LogP contribution in [0.15, 0.2) is 0 Å². The van der Waals surface area contributed by atoms with E-state index in [0.29, 0.717) is 6.42 Å². The number of aliphatic carboxylic acids is 1. The number of hydrogen-bond acceptors (Lipinski definition) is 3. The minimum Gasteiger partial charge on any atom is -0.481 e. The summed E-state index contributed by atoms with van der Waals surface area (Å²) in [7, 11) is -3.72. The Morgan fingerprint density at radius 1 is 1.40 bits per heavy atom. The highest BCUT2D eigenvalue weighted by Crippen LogP contribution is 2.29. The molecule has 1 rings (SSSR count). The van der Waals surface area contributed by atoms with E-state index in [2.05, 4.69) is 4.72 Å². The van der Waals surface area contributed by atoms with E-state index in [4.69, 9.17) is 10.2 Å². The first kappa shape index (κ1) is 12.4. The van der Waals surface area contributed by atoms with Crippen LogP contribution in [0.5, 0.6) is 0 Å². The van der Waals surface area contributed by atoms with E-state index >= 15 is 0 Å². The zero-order chi connectivity index (χ0) is 11.5. The van der Waals surface area contributed by atoms with Crippen LogP contribution in [0.2, 0.25) is 0 Å². The molecule has 0 aromatic carbocycles. The van der Waals surface area contributed by atoms with Crippen molar-refractivity contribution >= 4 is 16.2 Å². The van der Waals surface area contributed by atoms with Gasteiger partial charge >= 0.3 is 5.97 Å². The van der Waals surface area contributed by atoms with Crippen LogP contribution in [-0.4, -0.2) is 26.0 Å². The molecule has 15 heavy (non-hydrogen) atoms. The summed E-state index contributed by atoms with van der Waals surface area (Å²) in [5, 5.41) is 13.7. The fourth-order valence-corrected chi connectivity index (χ4v) is 2.45. The number of hydrogen-bond donors (Lipinski definition) is 3. The quantitative estimate of drug-likeness (QED) is 0.620. The minimum absolute atomic E-state index is 0.121. The van der Waals surface area contributed by atoms with E-state index in [1.54, 1.807) is 0 Å². The van der Waals surface area contributed by atoms with Crippen LogP contribution >= 0.6 is 0 Å². The van der Waals surface area contributed by atoms with E-state index in [1.165, 1.54) is 0 Å². The van der Waals surface area contributed by atoms with Gasteiger partial charge in [-0.15, -0.1) is 0 Å². The second-order valence-electron chi connectivity index (χ2n) is 3.88. The maximum atomic E-state index is 10.9. The Bertz CT molecular complexity index is 328. The Morgan fingerprint density at radius 2 is 2.00 bits per heavy atom. The Kier molecular flexibility index (Phi) is 4.06. The van der Waals surface area contributed by atoms with Gasteiger partial charge in [-0.2, -0.15) is 8.42 Å². The average molecular weight is 236 g/mol. The molecule has 2 unspecified atom stereocenters. The molecule has 0 amide bonds. The van der Waals surface area contributed by atoms with E-state index in [0.717, 1.165) is 19.3 Å². The molecule has 0 spiro atoms. The highest BCUT2D eigenvalue weighted by molar-refractivity contribution is 7.87. The minimum atomic E-state index is -3.72. The lowest BCUT2D eigenvalue weighted by atomic mass is 9.79. The van der Waals surface area contributed by atoms with Gasteiger partial charge in [0.25, 0.3) is 10.2 Å². The number of carbonyl (C=O) groups is 1. The first-order chi connectivity index (χ1) is 6.90. The van der Waals surface area contributed by atoms with Crippen LogP contribution in [0, 0.1) is 11.8 Å². The molecule has 1 saturated carbocycles. The molecule has 0 heterocycles. The Morgan fingerprint density at radius 3 is 2.53 bits per heavy atom. The summed E-state index contributed by atoms with van der Waals surface area (Å²) in [6.07, 6.45) is 3.19. The maximum absolute atomic E-state index is 10.9. The van der Waals surface area contributed by atoms with Crippen LogP contribution in [0.1, 0.15) is 25.7 Å². The van der Waals surface area contributed by atoms with E-state index in [9.17, 15) is 13.2 Å². The third kappa shape index (κ3) is 4.15. The Labute approximate surface area is 89.0 Å². The highest BCUT2D eigenvalue weighted by Gasteiger charge is 2.30. The van der Waals surface area contributed by atoms with Gasteiger partial charge in [0.15, 0.2) is 0 Å². The van der Waals surface area contributed by atoms with E-state index < -0.39 is 22.1 Å². The van der Waals surface area contributed by atoms with Gasteiger partial charge in [0, 0.05) is 6.54 Å². The van der Waals surface area contributed by atoms with Gasteiger partial charge in [-0.3, -0.25) is 4.79 Å². The van der Waals surface area contributed by atoms with Crippen molar-refractivity contribution in [3.63, 3.8) is 0 Å². The van der Waals surface area contributed by atoms with Gasteiger partial charge in [0.1, 0.15) is 0 Å². The second-order valence-corrected chi connectivity index (χ2v) is 5.26. The fraction of sp³-hybridized carbons (Fsp3) is 0.875. The van der Waals surface area contributed by atoms with Gasteiger partial charge in [0.2, 0.25) is 0 Å². The molecule has 0 bridgehead atoms. The largest absolute Gasteiger partial charge is 0.481 e. The molecular weight excluding hydrogens is 220 g/mol. The van der Waals surface area contributed by atoms with Gasteiger partial charge in [-0.25, -0.2) is 9.86 Å². The molecule has 4 N–H and O–H groups in total. The van der Waals surface area contributed by atoms with Gasteiger partial charge in [0.05, 0.1) is 5.92 Å². The third-order valence-corrected chi connectivity index (χ3v) is 3.34. The van der Waals surface area contributed by atoms with Crippen LogP contribution in [0.4, 0.5) is 0 Å². The third-order valence-electron chi connectivity index (χ3n) is 2.77. The first-order valence-corrected chi connectivity index (χ1v) is 6.45. The highest BCUT2D eigenvalue weighted by atomic mass is 32.2.